The molecule has 0 spiro atoms. The highest BCUT2D eigenvalue weighted by Gasteiger charge is 2.21. The molecular weight excluding hydrogens is 206 g/mol. The van der Waals surface area contributed by atoms with Crippen molar-refractivity contribution >= 4 is 6.03 Å². The standard InChI is InChI=1S/C11H23N3O2/c1-9(5-8-16-2)13-10-3-6-14(7-4-10)11(12)15/h9-10,13H,3-8H2,1-2H3,(H2,12,15). The van der Waals surface area contributed by atoms with Crippen LogP contribution in [0.25, 0.3) is 0 Å². The van der Waals surface area contributed by atoms with E-state index in [1.54, 1.807) is 12.0 Å². The van der Waals surface area contributed by atoms with E-state index < -0.39 is 0 Å². The predicted octanol–water partition coefficient (Wildman–Crippen LogP) is 0.544. The maximum atomic E-state index is 10.9. The van der Waals surface area contributed by atoms with E-state index in [-0.39, 0.29) is 6.03 Å². The number of nitrogens with zero attached hydrogens (tertiary/aromatic N) is 1. The van der Waals surface area contributed by atoms with E-state index in [0.29, 0.717) is 12.1 Å². The Labute approximate surface area is 97.3 Å². The Balaban J connectivity index is 2.18. The molecule has 1 unspecified atom stereocenters. The van der Waals surface area contributed by atoms with Gasteiger partial charge in [-0.25, -0.2) is 4.79 Å². The van der Waals surface area contributed by atoms with Gasteiger partial charge in [-0.1, -0.05) is 0 Å². The molecule has 1 heterocycles. The number of hydrogen-bond acceptors (Lipinski definition) is 3. The summed E-state index contributed by atoms with van der Waals surface area (Å²) in [7, 11) is 1.72. The van der Waals surface area contributed by atoms with Crippen LogP contribution >= 0.6 is 0 Å². The van der Waals surface area contributed by atoms with E-state index >= 15 is 0 Å². The monoisotopic (exact) mass is 229 g/mol. The Morgan fingerprint density at radius 3 is 2.69 bits per heavy atom. The van der Waals surface area contributed by atoms with E-state index in [1.807, 2.05) is 0 Å². The fourth-order valence-corrected chi connectivity index (χ4v) is 2.05. The van der Waals surface area contributed by atoms with Crippen molar-refractivity contribution in [2.24, 2.45) is 5.73 Å². The van der Waals surface area contributed by atoms with Crippen LogP contribution in [0.4, 0.5) is 4.79 Å². The number of likely N-dealkylation sites (tertiary alicyclic amines) is 1. The van der Waals surface area contributed by atoms with Gasteiger partial charge in [0.25, 0.3) is 0 Å². The van der Waals surface area contributed by atoms with Gasteiger partial charge >= 0.3 is 6.03 Å². The minimum absolute atomic E-state index is 0.300. The second-order valence-corrected chi connectivity index (χ2v) is 4.45. The zero-order chi connectivity index (χ0) is 12.0. The molecule has 16 heavy (non-hydrogen) atoms. The number of amides is 2. The highest BCUT2D eigenvalue weighted by Crippen LogP contribution is 2.11. The molecule has 0 aromatic heterocycles. The van der Waals surface area contributed by atoms with Gasteiger partial charge in [0.15, 0.2) is 0 Å². The predicted molar refractivity (Wildman–Crippen MR) is 63.3 cm³/mol. The summed E-state index contributed by atoms with van der Waals surface area (Å²) in [6, 6.07) is 0.665. The van der Waals surface area contributed by atoms with Crippen molar-refractivity contribution in [3.8, 4) is 0 Å². The second kappa shape index (κ2) is 6.70. The molecule has 0 aromatic carbocycles. The molecule has 0 aromatic rings. The number of primary amides is 1. The average molecular weight is 229 g/mol. The number of piperidine rings is 1. The number of rotatable bonds is 5. The second-order valence-electron chi connectivity index (χ2n) is 4.45. The number of nitrogens with one attached hydrogen (secondary N) is 1. The van der Waals surface area contributed by atoms with E-state index in [4.69, 9.17) is 10.5 Å². The van der Waals surface area contributed by atoms with E-state index in [1.165, 1.54) is 0 Å². The van der Waals surface area contributed by atoms with Crippen LogP contribution in [0.1, 0.15) is 26.2 Å². The minimum Gasteiger partial charge on any atom is -0.385 e. The van der Waals surface area contributed by atoms with Gasteiger partial charge in [0.2, 0.25) is 0 Å². The van der Waals surface area contributed by atoms with E-state index in [9.17, 15) is 4.79 Å². The molecule has 1 rings (SSSR count). The minimum atomic E-state index is -0.300. The topological polar surface area (TPSA) is 67.6 Å². The van der Waals surface area contributed by atoms with Gasteiger partial charge in [0.1, 0.15) is 0 Å². The van der Waals surface area contributed by atoms with Crippen LogP contribution in [0.5, 0.6) is 0 Å². The summed E-state index contributed by atoms with van der Waals surface area (Å²) in [6.45, 7) is 4.49. The third-order valence-electron chi connectivity index (χ3n) is 3.08. The fourth-order valence-electron chi connectivity index (χ4n) is 2.05. The number of carbonyl (C=O) groups is 1. The number of urea groups is 1. The summed E-state index contributed by atoms with van der Waals surface area (Å²) in [6.07, 6.45) is 2.99. The Kier molecular flexibility index (Phi) is 5.55. The number of hydrogen-bond donors (Lipinski definition) is 2. The normalized spacial score (nSPS) is 19.8. The highest BCUT2D eigenvalue weighted by molar-refractivity contribution is 5.72. The molecule has 3 N–H and O–H groups in total. The lowest BCUT2D eigenvalue weighted by Crippen LogP contribution is -2.48. The molecule has 1 saturated heterocycles. The first kappa shape index (κ1) is 13.3. The SMILES string of the molecule is COCCC(C)NC1CCN(C(N)=O)CC1. The van der Waals surface area contributed by atoms with Gasteiger partial charge in [-0.05, 0) is 26.2 Å². The van der Waals surface area contributed by atoms with Gasteiger partial charge in [0.05, 0.1) is 0 Å². The first-order valence-corrected chi connectivity index (χ1v) is 5.93. The van der Waals surface area contributed by atoms with Gasteiger partial charge < -0.3 is 20.7 Å². The molecule has 94 valence electrons. The number of carbonyl (C=O) groups excluding carboxylic acids is 1. The number of ether oxygens (including phenoxy) is 1. The zero-order valence-electron chi connectivity index (χ0n) is 10.2. The molecule has 1 fully saturated rings. The van der Waals surface area contributed by atoms with Crippen LogP contribution in [0.3, 0.4) is 0 Å². The largest absolute Gasteiger partial charge is 0.385 e. The van der Waals surface area contributed by atoms with Crippen LogP contribution < -0.4 is 11.1 Å². The summed E-state index contributed by atoms with van der Waals surface area (Å²) >= 11 is 0. The van der Waals surface area contributed by atoms with Crippen LogP contribution in [-0.4, -0.2) is 49.8 Å². The van der Waals surface area contributed by atoms with Crippen molar-refractivity contribution in [3.63, 3.8) is 0 Å². The summed E-state index contributed by atoms with van der Waals surface area (Å²) in [5, 5.41) is 3.55. The summed E-state index contributed by atoms with van der Waals surface area (Å²) in [4.78, 5) is 12.6. The third-order valence-corrected chi connectivity index (χ3v) is 3.08. The molecule has 2 amide bonds. The quantitative estimate of drug-likeness (QED) is 0.723. The molecule has 1 aliphatic rings. The number of nitrogens with two attached hydrogens (primary N) is 1. The van der Waals surface area contributed by atoms with Crippen LogP contribution in [0.2, 0.25) is 0 Å². The van der Waals surface area contributed by atoms with Crippen molar-refractivity contribution in [3.05, 3.63) is 0 Å². The highest BCUT2D eigenvalue weighted by atomic mass is 16.5. The number of methoxy groups -OCH3 is 1. The van der Waals surface area contributed by atoms with Crippen molar-refractivity contribution < 1.29 is 9.53 Å². The maximum absolute atomic E-state index is 10.9. The van der Waals surface area contributed by atoms with Crippen molar-refractivity contribution in [1.82, 2.24) is 10.2 Å². The maximum Gasteiger partial charge on any atom is 0.314 e. The lowest BCUT2D eigenvalue weighted by Gasteiger charge is -2.33. The molecule has 0 bridgehead atoms. The molecular formula is C11H23N3O2. The first-order chi connectivity index (χ1) is 7.63. The smallest absolute Gasteiger partial charge is 0.314 e. The molecule has 0 saturated carbocycles. The van der Waals surface area contributed by atoms with Gasteiger partial charge in [-0.2, -0.15) is 0 Å². The third kappa shape index (κ3) is 4.37. The van der Waals surface area contributed by atoms with Crippen molar-refractivity contribution in [1.29, 1.82) is 0 Å². The van der Waals surface area contributed by atoms with E-state index in [2.05, 4.69) is 12.2 Å². The fraction of sp³-hybridized carbons (Fsp3) is 0.909. The zero-order valence-corrected chi connectivity index (χ0v) is 10.2. The average Bonchev–Trinajstić information content (AvgIpc) is 2.27. The van der Waals surface area contributed by atoms with Gasteiger partial charge in [-0.15, -0.1) is 0 Å². The Bertz CT molecular complexity index is 215. The first-order valence-electron chi connectivity index (χ1n) is 5.93. The Morgan fingerprint density at radius 1 is 1.56 bits per heavy atom. The van der Waals surface area contributed by atoms with Crippen LogP contribution in [0.15, 0.2) is 0 Å². The summed E-state index contributed by atoms with van der Waals surface area (Å²) in [5.41, 5.74) is 5.23. The van der Waals surface area contributed by atoms with Crippen LogP contribution in [-0.2, 0) is 4.74 Å². The molecule has 1 atom stereocenters. The molecule has 5 nitrogen and oxygen atoms in total. The Hall–Kier alpha value is -0.810. The van der Waals surface area contributed by atoms with Crippen molar-refractivity contribution in [2.45, 2.75) is 38.3 Å². The summed E-state index contributed by atoms with van der Waals surface area (Å²) < 4.78 is 5.04. The molecule has 0 radical (unpaired) electrons. The molecule has 0 aliphatic carbocycles. The van der Waals surface area contributed by atoms with Gasteiger partial charge in [-0.3, -0.25) is 0 Å². The molecule has 1 aliphatic heterocycles. The lowest BCUT2D eigenvalue weighted by atomic mass is 10.0. The molecule has 5 heteroatoms. The Morgan fingerprint density at radius 2 is 2.19 bits per heavy atom. The summed E-state index contributed by atoms with van der Waals surface area (Å²) in [5.74, 6) is 0. The van der Waals surface area contributed by atoms with Gasteiger partial charge in [0, 0.05) is 38.9 Å². The van der Waals surface area contributed by atoms with Crippen LogP contribution in [0, 0.1) is 0 Å². The van der Waals surface area contributed by atoms with Crippen molar-refractivity contribution in [2.75, 3.05) is 26.8 Å². The van der Waals surface area contributed by atoms with E-state index in [0.717, 1.165) is 39.0 Å². The lowest BCUT2D eigenvalue weighted by molar-refractivity contribution is 0.168.